The molecule has 0 radical (unpaired) electrons. The summed E-state index contributed by atoms with van der Waals surface area (Å²) >= 11 is 0. The number of anilines is 1. The van der Waals surface area contributed by atoms with Gasteiger partial charge in [-0.15, -0.1) is 0 Å². The lowest BCUT2D eigenvalue weighted by Gasteiger charge is -2.21. The van der Waals surface area contributed by atoms with Crippen LogP contribution in [0.5, 0.6) is 0 Å². The number of ether oxygens (including phenoxy) is 1. The van der Waals surface area contributed by atoms with E-state index in [1.54, 1.807) is 12.1 Å². The minimum Gasteiger partial charge on any atom is -0.376 e. The fourth-order valence-electron chi connectivity index (χ4n) is 2.90. The predicted molar refractivity (Wildman–Crippen MR) is 79.3 cm³/mol. The molecule has 21 heavy (non-hydrogen) atoms. The van der Waals surface area contributed by atoms with Gasteiger partial charge in [-0.25, -0.2) is 0 Å². The smallest absolute Gasteiger partial charge is 0.251 e. The van der Waals surface area contributed by atoms with E-state index in [4.69, 9.17) is 4.74 Å². The van der Waals surface area contributed by atoms with Gasteiger partial charge in [-0.05, 0) is 49.9 Å². The largest absolute Gasteiger partial charge is 0.376 e. The molecule has 3 rings (SSSR count). The Bertz CT molecular complexity index is 565. The zero-order chi connectivity index (χ0) is 14.8. The van der Waals surface area contributed by atoms with E-state index in [0.29, 0.717) is 18.4 Å². The topological polar surface area (TPSA) is 67.4 Å². The highest BCUT2D eigenvalue weighted by Gasteiger charge is 2.24. The Hall–Kier alpha value is -1.88. The molecule has 1 saturated heterocycles. The van der Waals surface area contributed by atoms with Gasteiger partial charge in [0.15, 0.2) is 0 Å². The summed E-state index contributed by atoms with van der Waals surface area (Å²) in [5.41, 5.74) is 2.47. The molecule has 0 spiro atoms. The minimum atomic E-state index is -0.0855. The third-order valence-electron chi connectivity index (χ3n) is 4.14. The van der Waals surface area contributed by atoms with Gasteiger partial charge in [-0.3, -0.25) is 9.59 Å². The van der Waals surface area contributed by atoms with Crippen LogP contribution in [0.3, 0.4) is 0 Å². The van der Waals surface area contributed by atoms with Crippen molar-refractivity contribution in [2.24, 2.45) is 0 Å². The molecule has 5 nitrogen and oxygen atoms in total. The average Bonchev–Trinajstić information content (AvgIpc) is 3.01. The van der Waals surface area contributed by atoms with Crippen LogP contribution in [0.25, 0.3) is 0 Å². The molecule has 1 fully saturated rings. The molecule has 0 aromatic heterocycles. The van der Waals surface area contributed by atoms with Gasteiger partial charge in [-0.2, -0.15) is 0 Å². The van der Waals surface area contributed by atoms with Crippen LogP contribution in [0.15, 0.2) is 18.2 Å². The van der Waals surface area contributed by atoms with Gasteiger partial charge >= 0.3 is 0 Å². The number of amides is 2. The van der Waals surface area contributed by atoms with Crippen LogP contribution in [-0.2, 0) is 16.0 Å². The van der Waals surface area contributed by atoms with Crippen molar-refractivity contribution in [2.75, 3.05) is 11.9 Å². The highest BCUT2D eigenvalue weighted by Crippen LogP contribution is 2.24. The first-order chi connectivity index (χ1) is 10.1. The van der Waals surface area contributed by atoms with Crippen molar-refractivity contribution < 1.29 is 14.3 Å². The summed E-state index contributed by atoms with van der Waals surface area (Å²) in [6.45, 7) is 2.76. The van der Waals surface area contributed by atoms with E-state index in [-0.39, 0.29) is 24.0 Å². The number of hydrogen-bond donors (Lipinski definition) is 2. The van der Waals surface area contributed by atoms with Crippen molar-refractivity contribution in [1.29, 1.82) is 0 Å². The SMILES string of the molecule is C[C@@H](NC(=O)c1ccc2c(c1)CCC(=O)N2)[C@H]1CCCO1. The van der Waals surface area contributed by atoms with Crippen LogP contribution in [0, 0.1) is 0 Å². The zero-order valence-electron chi connectivity index (χ0n) is 12.1. The number of hydrogen-bond acceptors (Lipinski definition) is 3. The number of benzene rings is 1. The number of carbonyl (C=O) groups is 2. The molecule has 2 aliphatic heterocycles. The summed E-state index contributed by atoms with van der Waals surface area (Å²) in [5.74, 6) is -0.0515. The van der Waals surface area contributed by atoms with Gasteiger partial charge < -0.3 is 15.4 Å². The van der Waals surface area contributed by atoms with E-state index >= 15 is 0 Å². The van der Waals surface area contributed by atoms with E-state index in [1.807, 2.05) is 13.0 Å². The summed E-state index contributed by atoms with van der Waals surface area (Å²) < 4.78 is 5.59. The monoisotopic (exact) mass is 288 g/mol. The first-order valence-corrected chi connectivity index (χ1v) is 7.49. The standard InChI is InChI=1S/C16H20N2O3/c1-10(14-3-2-8-21-14)17-16(20)12-4-6-13-11(9-12)5-7-15(19)18-13/h4,6,9-10,14H,2-3,5,7-8H2,1H3,(H,17,20)(H,18,19)/t10-,14-/m1/s1. The maximum Gasteiger partial charge on any atom is 0.251 e. The Kier molecular flexibility index (Phi) is 3.92. The molecule has 112 valence electrons. The van der Waals surface area contributed by atoms with Crippen LogP contribution < -0.4 is 10.6 Å². The van der Waals surface area contributed by atoms with E-state index in [1.165, 1.54) is 0 Å². The molecule has 0 bridgehead atoms. The summed E-state index contributed by atoms with van der Waals surface area (Å²) in [5, 5.41) is 5.82. The van der Waals surface area contributed by atoms with Crippen LogP contribution in [0.4, 0.5) is 5.69 Å². The normalized spacial score (nSPS) is 22.3. The number of aryl methyl sites for hydroxylation is 1. The van der Waals surface area contributed by atoms with Crippen molar-refractivity contribution in [2.45, 2.75) is 44.8 Å². The average molecular weight is 288 g/mol. The van der Waals surface area contributed by atoms with Crippen molar-refractivity contribution in [3.63, 3.8) is 0 Å². The fraction of sp³-hybridized carbons (Fsp3) is 0.500. The highest BCUT2D eigenvalue weighted by atomic mass is 16.5. The first kappa shape index (κ1) is 14.1. The van der Waals surface area contributed by atoms with Crippen molar-refractivity contribution in [3.05, 3.63) is 29.3 Å². The number of carbonyl (C=O) groups excluding carboxylic acids is 2. The summed E-state index contributed by atoms with van der Waals surface area (Å²) in [6.07, 6.45) is 3.33. The molecule has 0 aliphatic carbocycles. The molecule has 2 atom stereocenters. The van der Waals surface area contributed by atoms with Crippen LogP contribution >= 0.6 is 0 Å². The van der Waals surface area contributed by atoms with Gasteiger partial charge in [0.1, 0.15) is 0 Å². The summed E-state index contributed by atoms with van der Waals surface area (Å²) in [7, 11) is 0. The molecule has 0 unspecified atom stereocenters. The predicted octanol–water partition coefficient (Wildman–Crippen LogP) is 1.87. The third-order valence-corrected chi connectivity index (χ3v) is 4.14. The summed E-state index contributed by atoms with van der Waals surface area (Å²) in [4.78, 5) is 23.6. The maximum atomic E-state index is 12.3. The number of fused-ring (bicyclic) bond motifs is 1. The molecule has 0 saturated carbocycles. The lowest BCUT2D eigenvalue weighted by Crippen LogP contribution is -2.40. The number of rotatable bonds is 3. The Morgan fingerprint density at radius 1 is 1.43 bits per heavy atom. The van der Waals surface area contributed by atoms with E-state index in [9.17, 15) is 9.59 Å². The molecule has 2 amide bonds. The number of nitrogens with one attached hydrogen (secondary N) is 2. The Morgan fingerprint density at radius 2 is 2.29 bits per heavy atom. The van der Waals surface area contributed by atoms with Crippen LogP contribution in [0.2, 0.25) is 0 Å². The quantitative estimate of drug-likeness (QED) is 0.892. The Labute approximate surface area is 124 Å². The van der Waals surface area contributed by atoms with Gasteiger partial charge in [0.2, 0.25) is 5.91 Å². The van der Waals surface area contributed by atoms with Gasteiger partial charge in [0.25, 0.3) is 5.91 Å². The summed E-state index contributed by atoms with van der Waals surface area (Å²) in [6, 6.07) is 5.43. The van der Waals surface area contributed by atoms with Gasteiger partial charge in [-0.1, -0.05) is 0 Å². The molecule has 2 aliphatic rings. The Balaban J connectivity index is 1.68. The fourth-order valence-corrected chi connectivity index (χ4v) is 2.90. The molecule has 5 heteroatoms. The maximum absolute atomic E-state index is 12.3. The van der Waals surface area contributed by atoms with E-state index < -0.39 is 0 Å². The second kappa shape index (κ2) is 5.85. The zero-order valence-corrected chi connectivity index (χ0v) is 12.1. The van der Waals surface area contributed by atoms with Crippen LogP contribution in [-0.4, -0.2) is 30.6 Å². The van der Waals surface area contributed by atoms with E-state index in [2.05, 4.69) is 10.6 Å². The lowest BCUT2D eigenvalue weighted by molar-refractivity contribution is -0.116. The first-order valence-electron chi connectivity index (χ1n) is 7.49. The van der Waals surface area contributed by atoms with E-state index in [0.717, 1.165) is 30.7 Å². The molecule has 1 aromatic rings. The van der Waals surface area contributed by atoms with Crippen molar-refractivity contribution in [3.8, 4) is 0 Å². The Morgan fingerprint density at radius 3 is 3.05 bits per heavy atom. The molecular weight excluding hydrogens is 268 g/mol. The van der Waals surface area contributed by atoms with Crippen LogP contribution in [0.1, 0.15) is 42.1 Å². The molecule has 2 N–H and O–H groups in total. The minimum absolute atomic E-state index is 0.00994. The third kappa shape index (κ3) is 3.08. The van der Waals surface area contributed by atoms with Crippen molar-refractivity contribution >= 4 is 17.5 Å². The lowest BCUT2D eigenvalue weighted by atomic mass is 10.00. The second-order valence-electron chi connectivity index (χ2n) is 5.73. The molecular formula is C16H20N2O3. The molecule has 1 aromatic carbocycles. The van der Waals surface area contributed by atoms with Gasteiger partial charge in [0, 0.05) is 24.3 Å². The second-order valence-corrected chi connectivity index (χ2v) is 5.73. The molecule has 2 heterocycles. The van der Waals surface area contributed by atoms with Gasteiger partial charge in [0.05, 0.1) is 12.1 Å². The van der Waals surface area contributed by atoms with Crippen molar-refractivity contribution in [1.82, 2.24) is 5.32 Å². The highest BCUT2D eigenvalue weighted by molar-refractivity contribution is 5.98.